The summed E-state index contributed by atoms with van der Waals surface area (Å²) in [6.45, 7) is 3.84. The molecule has 2 heterocycles. The van der Waals surface area contributed by atoms with Crippen molar-refractivity contribution < 1.29 is 9.59 Å². The number of amides is 2. The molecular weight excluding hydrogens is 232 g/mol. The maximum Gasteiger partial charge on any atom is 0.241 e. The molecule has 6 heteroatoms. The number of piperazine rings is 1. The number of hydrogen-bond acceptors (Lipinski definition) is 4. The summed E-state index contributed by atoms with van der Waals surface area (Å²) in [5, 5.41) is 9.12. The SMILES string of the molecule is CNC(=O)C1CCN(C(=O)C2CNCCN2)CC1. The Morgan fingerprint density at radius 1 is 1.22 bits per heavy atom. The number of hydrogen-bond donors (Lipinski definition) is 3. The minimum Gasteiger partial charge on any atom is -0.359 e. The molecule has 0 aliphatic carbocycles. The Bertz CT molecular complexity index is 307. The molecule has 0 aromatic carbocycles. The smallest absolute Gasteiger partial charge is 0.241 e. The van der Waals surface area contributed by atoms with E-state index in [0.29, 0.717) is 19.6 Å². The standard InChI is InChI=1S/C12H22N4O2/c1-13-11(17)9-2-6-16(7-3-9)12(18)10-8-14-4-5-15-10/h9-10,14-15H,2-8H2,1H3,(H,13,17). The minimum absolute atomic E-state index is 0.0662. The van der Waals surface area contributed by atoms with E-state index in [9.17, 15) is 9.59 Å². The Morgan fingerprint density at radius 2 is 1.94 bits per heavy atom. The largest absolute Gasteiger partial charge is 0.359 e. The van der Waals surface area contributed by atoms with E-state index in [2.05, 4.69) is 16.0 Å². The molecule has 6 nitrogen and oxygen atoms in total. The van der Waals surface area contributed by atoms with E-state index < -0.39 is 0 Å². The molecule has 0 radical (unpaired) electrons. The summed E-state index contributed by atoms with van der Waals surface area (Å²) in [6, 6.07) is -0.102. The van der Waals surface area contributed by atoms with Gasteiger partial charge in [0.05, 0.1) is 6.04 Å². The Labute approximate surface area is 107 Å². The topological polar surface area (TPSA) is 73.5 Å². The molecule has 1 atom stereocenters. The van der Waals surface area contributed by atoms with Crippen LogP contribution in [-0.4, -0.2) is 62.5 Å². The molecule has 1 unspecified atom stereocenters. The van der Waals surface area contributed by atoms with E-state index in [-0.39, 0.29) is 23.8 Å². The molecule has 18 heavy (non-hydrogen) atoms. The molecule has 2 rings (SSSR count). The predicted molar refractivity (Wildman–Crippen MR) is 68.0 cm³/mol. The first-order valence-corrected chi connectivity index (χ1v) is 6.67. The molecule has 2 aliphatic heterocycles. The first-order chi connectivity index (χ1) is 8.72. The molecule has 0 aromatic rings. The van der Waals surface area contributed by atoms with Crippen molar-refractivity contribution in [2.24, 2.45) is 5.92 Å². The van der Waals surface area contributed by atoms with Gasteiger partial charge in [-0.1, -0.05) is 0 Å². The van der Waals surface area contributed by atoms with E-state index in [1.54, 1.807) is 7.05 Å². The zero-order valence-corrected chi connectivity index (χ0v) is 10.9. The lowest BCUT2D eigenvalue weighted by atomic mass is 9.95. The van der Waals surface area contributed by atoms with Crippen molar-refractivity contribution in [3.63, 3.8) is 0 Å². The molecule has 3 N–H and O–H groups in total. The fraction of sp³-hybridized carbons (Fsp3) is 0.833. The first kappa shape index (κ1) is 13.3. The van der Waals surface area contributed by atoms with Gasteiger partial charge in [-0.3, -0.25) is 9.59 Å². The van der Waals surface area contributed by atoms with Crippen LogP contribution in [0.25, 0.3) is 0 Å². The summed E-state index contributed by atoms with van der Waals surface area (Å²) >= 11 is 0. The van der Waals surface area contributed by atoms with Gasteiger partial charge in [0.2, 0.25) is 11.8 Å². The van der Waals surface area contributed by atoms with Gasteiger partial charge in [0.25, 0.3) is 0 Å². The van der Waals surface area contributed by atoms with Crippen molar-refractivity contribution in [3.8, 4) is 0 Å². The molecular formula is C12H22N4O2. The molecule has 0 spiro atoms. The molecule has 2 saturated heterocycles. The number of piperidine rings is 1. The molecule has 2 fully saturated rings. The highest BCUT2D eigenvalue weighted by molar-refractivity contribution is 5.83. The second-order valence-electron chi connectivity index (χ2n) is 4.92. The van der Waals surface area contributed by atoms with E-state index >= 15 is 0 Å². The maximum atomic E-state index is 12.2. The third-order valence-corrected chi connectivity index (χ3v) is 3.76. The lowest BCUT2D eigenvalue weighted by Crippen LogP contribution is -2.57. The first-order valence-electron chi connectivity index (χ1n) is 6.67. The summed E-state index contributed by atoms with van der Waals surface area (Å²) in [4.78, 5) is 25.6. The Hall–Kier alpha value is -1.14. The fourth-order valence-corrected chi connectivity index (χ4v) is 2.61. The fourth-order valence-electron chi connectivity index (χ4n) is 2.61. The Kier molecular flexibility index (Phi) is 4.54. The third-order valence-electron chi connectivity index (χ3n) is 3.76. The van der Waals surface area contributed by atoms with E-state index in [0.717, 1.165) is 25.9 Å². The lowest BCUT2D eigenvalue weighted by molar-refractivity contribution is -0.137. The quantitative estimate of drug-likeness (QED) is 0.563. The average molecular weight is 254 g/mol. The van der Waals surface area contributed by atoms with Crippen LogP contribution < -0.4 is 16.0 Å². The minimum atomic E-state index is -0.102. The molecule has 0 saturated carbocycles. The van der Waals surface area contributed by atoms with E-state index in [4.69, 9.17) is 0 Å². The van der Waals surface area contributed by atoms with Crippen LogP contribution in [0.4, 0.5) is 0 Å². The zero-order valence-electron chi connectivity index (χ0n) is 10.9. The monoisotopic (exact) mass is 254 g/mol. The number of nitrogens with zero attached hydrogens (tertiary/aromatic N) is 1. The maximum absolute atomic E-state index is 12.2. The molecule has 0 bridgehead atoms. The van der Waals surface area contributed by atoms with Crippen molar-refractivity contribution in [2.75, 3.05) is 39.8 Å². The van der Waals surface area contributed by atoms with Gasteiger partial charge in [-0.2, -0.15) is 0 Å². The Morgan fingerprint density at radius 3 is 2.50 bits per heavy atom. The highest BCUT2D eigenvalue weighted by Crippen LogP contribution is 2.17. The van der Waals surface area contributed by atoms with Gasteiger partial charge in [0.1, 0.15) is 0 Å². The van der Waals surface area contributed by atoms with Crippen LogP contribution in [0.3, 0.4) is 0 Å². The summed E-state index contributed by atoms with van der Waals surface area (Å²) in [7, 11) is 1.66. The zero-order chi connectivity index (χ0) is 13.0. The van der Waals surface area contributed by atoms with Gasteiger partial charge in [-0.15, -0.1) is 0 Å². The summed E-state index contributed by atoms with van der Waals surface area (Å²) in [5.74, 6) is 0.327. The van der Waals surface area contributed by atoms with Crippen LogP contribution in [0, 0.1) is 5.92 Å². The van der Waals surface area contributed by atoms with Crippen molar-refractivity contribution in [3.05, 3.63) is 0 Å². The van der Waals surface area contributed by atoms with Crippen molar-refractivity contribution in [1.82, 2.24) is 20.9 Å². The van der Waals surface area contributed by atoms with Crippen molar-refractivity contribution in [2.45, 2.75) is 18.9 Å². The normalized spacial score (nSPS) is 25.8. The van der Waals surface area contributed by atoms with Crippen LogP contribution in [0.2, 0.25) is 0 Å². The summed E-state index contributed by atoms with van der Waals surface area (Å²) in [5.41, 5.74) is 0. The second-order valence-corrected chi connectivity index (χ2v) is 4.92. The number of nitrogens with one attached hydrogen (secondary N) is 3. The van der Waals surface area contributed by atoms with Gasteiger partial charge < -0.3 is 20.9 Å². The van der Waals surface area contributed by atoms with E-state index in [1.807, 2.05) is 4.90 Å². The van der Waals surface area contributed by atoms with Crippen LogP contribution in [0.15, 0.2) is 0 Å². The Balaban J connectivity index is 1.81. The van der Waals surface area contributed by atoms with Crippen LogP contribution in [-0.2, 0) is 9.59 Å². The van der Waals surface area contributed by atoms with Gasteiger partial charge in [0, 0.05) is 45.7 Å². The van der Waals surface area contributed by atoms with Crippen LogP contribution in [0.5, 0.6) is 0 Å². The molecule has 0 aromatic heterocycles. The van der Waals surface area contributed by atoms with Gasteiger partial charge in [-0.05, 0) is 12.8 Å². The number of likely N-dealkylation sites (tertiary alicyclic amines) is 1. The van der Waals surface area contributed by atoms with Crippen molar-refractivity contribution in [1.29, 1.82) is 0 Å². The predicted octanol–water partition coefficient (Wildman–Crippen LogP) is -1.47. The van der Waals surface area contributed by atoms with Crippen molar-refractivity contribution >= 4 is 11.8 Å². The highest BCUT2D eigenvalue weighted by Gasteiger charge is 2.30. The van der Waals surface area contributed by atoms with Gasteiger partial charge in [-0.25, -0.2) is 0 Å². The third kappa shape index (κ3) is 3.00. The van der Waals surface area contributed by atoms with Gasteiger partial charge >= 0.3 is 0 Å². The lowest BCUT2D eigenvalue weighted by Gasteiger charge is -2.35. The molecule has 2 aliphatic rings. The number of carbonyl (C=O) groups is 2. The van der Waals surface area contributed by atoms with E-state index in [1.165, 1.54) is 0 Å². The molecule has 102 valence electrons. The second kappa shape index (κ2) is 6.15. The number of rotatable bonds is 2. The average Bonchev–Trinajstić information content (AvgIpc) is 2.47. The van der Waals surface area contributed by atoms with Crippen LogP contribution >= 0.6 is 0 Å². The molecule has 2 amide bonds. The highest BCUT2D eigenvalue weighted by atomic mass is 16.2. The number of carbonyl (C=O) groups excluding carboxylic acids is 2. The van der Waals surface area contributed by atoms with Gasteiger partial charge in [0.15, 0.2) is 0 Å². The van der Waals surface area contributed by atoms with Crippen LogP contribution in [0.1, 0.15) is 12.8 Å². The summed E-state index contributed by atoms with van der Waals surface area (Å²) in [6.07, 6.45) is 1.54. The summed E-state index contributed by atoms with van der Waals surface area (Å²) < 4.78 is 0.